The number of carbonyl (C=O) groups is 1. The molecule has 0 aromatic heterocycles. The van der Waals surface area contributed by atoms with E-state index in [9.17, 15) is 4.79 Å². The van der Waals surface area contributed by atoms with Gasteiger partial charge in [-0.1, -0.05) is 11.6 Å². The summed E-state index contributed by atoms with van der Waals surface area (Å²) in [6.45, 7) is 0. The molecule has 4 heteroatoms. The molecule has 0 spiro atoms. The normalized spacial score (nSPS) is 19.7. The van der Waals surface area contributed by atoms with E-state index < -0.39 is 11.3 Å². The van der Waals surface area contributed by atoms with Crippen LogP contribution >= 0.6 is 23.2 Å². The molecule has 0 aliphatic carbocycles. The number of fused-ring (bicyclic) bond motifs is 1. The van der Waals surface area contributed by atoms with Gasteiger partial charge in [-0.05, 0) is 48.2 Å². The molecule has 1 aliphatic heterocycles. The zero-order valence-corrected chi connectivity index (χ0v) is 8.81. The molecule has 14 heavy (non-hydrogen) atoms. The van der Waals surface area contributed by atoms with E-state index in [0.717, 1.165) is 12.0 Å². The number of benzene rings is 1. The monoisotopic (exact) mass is 230 g/mol. The fourth-order valence-corrected chi connectivity index (χ4v) is 1.87. The van der Waals surface area contributed by atoms with Gasteiger partial charge in [0, 0.05) is 5.02 Å². The van der Waals surface area contributed by atoms with Crippen molar-refractivity contribution in [1.82, 2.24) is 0 Å². The van der Waals surface area contributed by atoms with Crippen molar-refractivity contribution < 1.29 is 9.53 Å². The summed E-state index contributed by atoms with van der Waals surface area (Å²) >= 11 is 11.2. The predicted molar refractivity (Wildman–Crippen MR) is 55.0 cm³/mol. The summed E-state index contributed by atoms with van der Waals surface area (Å²) in [5, 5.41) is 0.244. The van der Waals surface area contributed by atoms with Gasteiger partial charge in [-0.2, -0.15) is 0 Å². The molecular weight excluding hydrogens is 223 g/mol. The largest absolute Gasteiger partial charge is 0.481 e. The van der Waals surface area contributed by atoms with E-state index in [1.165, 1.54) is 0 Å². The van der Waals surface area contributed by atoms with Crippen LogP contribution in [0.25, 0.3) is 0 Å². The first kappa shape index (κ1) is 9.81. The summed E-state index contributed by atoms with van der Waals surface area (Å²) < 4.78 is 5.41. The maximum atomic E-state index is 10.9. The average molecular weight is 231 g/mol. The summed E-state index contributed by atoms with van der Waals surface area (Å²) in [5.74, 6) is 0.708. The lowest BCUT2D eigenvalue weighted by Crippen LogP contribution is -2.27. The van der Waals surface area contributed by atoms with Crippen LogP contribution in [0.3, 0.4) is 0 Å². The Morgan fingerprint density at radius 3 is 3.00 bits per heavy atom. The third kappa shape index (κ3) is 1.86. The fraction of sp³-hybridized carbons (Fsp3) is 0.300. The summed E-state index contributed by atoms with van der Waals surface area (Å²) in [6, 6.07) is 5.36. The molecule has 1 aliphatic rings. The van der Waals surface area contributed by atoms with Crippen molar-refractivity contribution in [2.45, 2.75) is 18.9 Å². The topological polar surface area (TPSA) is 26.3 Å². The Kier molecular flexibility index (Phi) is 2.66. The second-order valence-electron chi connectivity index (χ2n) is 3.20. The second kappa shape index (κ2) is 3.79. The van der Waals surface area contributed by atoms with Gasteiger partial charge < -0.3 is 4.74 Å². The van der Waals surface area contributed by atoms with Crippen LogP contribution in [0.5, 0.6) is 5.75 Å². The number of ether oxygens (including phenoxy) is 1. The Labute approximate surface area is 91.8 Å². The van der Waals surface area contributed by atoms with Gasteiger partial charge in [0.25, 0.3) is 5.24 Å². The van der Waals surface area contributed by atoms with Crippen molar-refractivity contribution in [3.05, 3.63) is 28.8 Å². The third-order valence-electron chi connectivity index (χ3n) is 2.22. The van der Waals surface area contributed by atoms with Crippen molar-refractivity contribution >= 4 is 28.4 Å². The van der Waals surface area contributed by atoms with Crippen LogP contribution in [0.4, 0.5) is 0 Å². The van der Waals surface area contributed by atoms with Crippen molar-refractivity contribution in [2.24, 2.45) is 0 Å². The maximum absolute atomic E-state index is 10.9. The molecule has 1 aromatic rings. The van der Waals surface area contributed by atoms with Crippen LogP contribution in [-0.4, -0.2) is 11.3 Å². The number of hydrogen-bond donors (Lipinski definition) is 0. The summed E-state index contributed by atoms with van der Waals surface area (Å²) in [4.78, 5) is 10.9. The van der Waals surface area contributed by atoms with Crippen LogP contribution in [0.2, 0.25) is 5.02 Å². The standard InChI is InChI=1S/C10H8Cl2O2/c11-7-2-4-8-6(5-7)1-3-9(14-8)10(12)13/h2,4-5,9H,1,3H2. The molecule has 0 amide bonds. The van der Waals surface area contributed by atoms with E-state index in [0.29, 0.717) is 17.2 Å². The smallest absolute Gasteiger partial charge is 0.262 e. The first-order chi connectivity index (χ1) is 6.66. The molecule has 74 valence electrons. The molecule has 1 atom stereocenters. The third-order valence-corrected chi connectivity index (χ3v) is 2.70. The molecule has 0 fully saturated rings. The van der Waals surface area contributed by atoms with Crippen LogP contribution < -0.4 is 4.74 Å². The van der Waals surface area contributed by atoms with Crippen molar-refractivity contribution in [3.63, 3.8) is 0 Å². The van der Waals surface area contributed by atoms with Gasteiger partial charge in [0.1, 0.15) is 5.75 Å². The number of aryl methyl sites for hydroxylation is 1. The molecule has 1 heterocycles. The quantitative estimate of drug-likeness (QED) is 0.694. The predicted octanol–water partition coefficient (Wildman–Crippen LogP) is 2.80. The zero-order valence-electron chi connectivity index (χ0n) is 7.30. The summed E-state index contributed by atoms with van der Waals surface area (Å²) in [7, 11) is 0. The van der Waals surface area contributed by atoms with Crippen LogP contribution in [0, 0.1) is 0 Å². The number of carbonyl (C=O) groups excluding carboxylic acids is 1. The Bertz CT molecular complexity index is 376. The number of rotatable bonds is 1. The minimum Gasteiger partial charge on any atom is -0.481 e. The Morgan fingerprint density at radius 2 is 2.29 bits per heavy atom. The van der Waals surface area contributed by atoms with Crippen LogP contribution in [-0.2, 0) is 11.2 Å². The van der Waals surface area contributed by atoms with Gasteiger partial charge in [-0.3, -0.25) is 4.79 Å². The van der Waals surface area contributed by atoms with Gasteiger partial charge in [0.05, 0.1) is 0 Å². The molecule has 0 radical (unpaired) electrons. The second-order valence-corrected chi connectivity index (χ2v) is 4.01. The lowest BCUT2D eigenvalue weighted by atomic mass is 10.0. The highest BCUT2D eigenvalue weighted by atomic mass is 35.5. The SMILES string of the molecule is O=C(Cl)C1CCc2cc(Cl)ccc2O1. The van der Waals surface area contributed by atoms with E-state index in [1.807, 2.05) is 6.07 Å². The van der Waals surface area contributed by atoms with E-state index in [2.05, 4.69) is 0 Å². The van der Waals surface area contributed by atoms with E-state index in [1.54, 1.807) is 12.1 Å². The zero-order chi connectivity index (χ0) is 10.1. The van der Waals surface area contributed by atoms with E-state index in [-0.39, 0.29) is 0 Å². The van der Waals surface area contributed by atoms with Gasteiger partial charge in [0.2, 0.25) is 0 Å². The highest BCUT2D eigenvalue weighted by molar-refractivity contribution is 6.64. The highest BCUT2D eigenvalue weighted by Gasteiger charge is 2.24. The molecule has 2 nitrogen and oxygen atoms in total. The van der Waals surface area contributed by atoms with E-state index >= 15 is 0 Å². The molecular formula is C10H8Cl2O2. The molecule has 1 unspecified atom stereocenters. The molecule has 0 saturated carbocycles. The van der Waals surface area contributed by atoms with Gasteiger partial charge in [0.15, 0.2) is 6.10 Å². The van der Waals surface area contributed by atoms with Crippen molar-refractivity contribution in [2.75, 3.05) is 0 Å². The fourth-order valence-electron chi connectivity index (χ4n) is 1.52. The van der Waals surface area contributed by atoms with Gasteiger partial charge in [-0.15, -0.1) is 0 Å². The maximum Gasteiger partial charge on any atom is 0.262 e. The molecule has 0 N–H and O–H groups in total. The van der Waals surface area contributed by atoms with Crippen LogP contribution in [0.15, 0.2) is 18.2 Å². The van der Waals surface area contributed by atoms with Gasteiger partial charge in [-0.25, -0.2) is 0 Å². The Morgan fingerprint density at radius 1 is 1.50 bits per heavy atom. The summed E-state index contributed by atoms with van der Waals surface area (Å²) in [5.41, 5.74) is 1.03. The Balaban J connectivity index is 2.27. The number of hydrogen-bond acceptors (Lipinski definition) is 2. The van der Waals surface area contributed by atoms with E-state index in [4.69, 9.17) is 27.9 Å². The first-order valence-corrected chi connectivity index (χ1v) is 5.07. The average Bonchev–Trinajstić information content (AvgIpc) is 2.16. The highest BCUT2D eigenvalue weighted by Crippen LogP contribution is 2.30. The Hall–Kier alpha value is -0.730. The molecule has 1 aromatic carbocycles. The van der Waals surface area contributed by atoms with Crippen LogP contribution in [0.1, 0.15) is 12.0 Å². The lowest BCUT2D eigenvalue weighted by Gasteiger charge is -2.23. The lowest BCUT2D eigenvalue weighted by molar-refractivity contribution is -0.118. The van der Waals surface area contributed by atoms with Gasteiger partial charge >= 0.3 is 0 Å². The molecule has 0 saturated heterocycles. The van der Waals surface area contributed by atoms with Crippen molar-refractivity contribution in [3.8, 4) is 5.75 Å². The molecule has 2 rings (SSSR count). The minimum atomic E-state index is -0.509. The van der Waals surface area contributed by atoms with Crippen molar-refractivity contribution in [1.29, 1.82) is 0 Å². The summed E-state index contributed by atoms with van der Waals surface area (Å²) in [6.07, 6.45) is 0.889. The molecule has 0 bridgehead atoms. The minimum absolute atomic E-state index is 0.439. The number of halogens is 2. The first-order valence-electron chi connectivity index (χ1n) is 4.31.